The Morgan fingerprint density at radius 3 is 2.83 bits per heavy atom. The van der Waals surface area contributed by atoms with Gasteiger partial charge in [-0.15, -0.1) is 0 Å². The van der Waals surface area contributed by atoms with Gasteiger partial charge in [-0.1, -0.05) is 47.7 Å². The van der Waals surface area contributed by atoms with Gasteiger partial charge in [0.05, 0.1) is 5.69 Å². The Labute approximate surface area is 176 Å². The molecule has 150 valence electrons. The van der Waals surface area contributed by atoms with Gasteiger partial charge in [0.25, 0.3) is 5.56 Å². The first-order chi connectivity index (χ1) is 14.6. The van der Waals surface area contributed by atoms with Crippen molar-refractivity contribution in [3.8, 4) is 5.75 Å². The topological polar surface area (TPSA) is 85.6 Å². The van der Waals surface area contributed by atoms with Crippen LogP contribution >= 0.6 is 11.3 Å². The number of aryl methyl sites for hydroxylation is 1. The zero-order valence-electron chi connectivity index (χ0n) is 16.1. The van der Waals surface area contributed by atoms with E-state index in [0.717, 1.165) is 10.6 Å². The van der Waals surface area contributed by atoms with Gasteiger partial charge < -0.3 is 10.1 Å². The lowest BCUT2D eigenvalue weighted by Crippen LogP contribution is -2.16. The number of carbonyl (C=O) groups is 1. The summed E-state index contributed by atoms with van der Waals surface area (Å²) in [7, 11) is 0. The molecule has 0 unspecified atom stereocenters. The molecule has 8 heteroatoms. The maximum atomic E-state index is 12.1. The van der Waals surface area contributed by atoms with Crippen molar-refractivity contribution < 1.29 is 9.53 Å². The lowest BCUT2D eigenvalue weighted by Gasteiger charge is -2.08. The van der Waals surface area contributed by atoms with Crippen LogP contribution in [0, 0.1) is 6.92 Å². The number of amides is 1. The van der Waals surface area contributed by atoms with Crippen LogP contribution in [-0.2, 0) is 11.4 Å². The van der Waals surface area contributed by atoms with E-state index in [1.54, 1.807) is 30.3 Å². The summed E-state index contributed by atoms with van der Waals surface area (Å²) < 4.78 is 7.04. The van der Waals surface area contributed by atoms with E-state index in [4.69, 9.17) is 4.74 Å². The number of hydrogen-bond acceptors (Lipinski definition) is 6. The zero-order chi connectivity index (χ0) is 20.9. The van der Waals surface area contributed by atoms with Gasteiger partial charge >= 0.3 is 0 Å². The molecule has 0 atom stereocenters. The van der Waals surface area contributed by atoms with Crippen molar-refractivity contribution in [2.75, 3.05) is 5.32 Å². The fourth-order valence-electron chi connectivity index (χ4n) is 2.77. The summed E-state index contributed by atoms with van der Waals surface area (Å²) in [5.74, 6) is 0.319. The Kier molecular flexibility index (Phi) is 5.67. The summed E-state index contributed by atoms with van der Waals surface area (Å²) in [6.07, 6.45) is 3.23. The van der Waals surface area contributed by atoms with Crippen molar-refractivity contribution in [2.45, 2.75) is 13.5 Å². The highest BCUT2D eigenvalue weighted by molar-refractivity contribution is 7.16. The summed E-state index contributed by atoms with van der Waals surface area (Å²) in [6, 6.07) is 18.0. The molecule has 7 nitrogen and oxygen atoms in total. The standard InChI is InChI=1S/C22H18N4O3S/c1-15-25-26-21(28)13-18(24-22(26)30-15)14-29-19-9-5-8-17(12-19)23-20(27)11-10-16-6-3-2-4-7-16/h2-13H,14H2,1H3,(H,23,27). The number of fused-ring (bicyclic) bond motifs is 1. The lowest BCUT2D eigenvalue weighted by molar-refractivity contribution is -0.111. The van der Waals surface area contributed by atoms with Gasteiger partial charge in [-0.3, -0.25) is 9.59 Å². The largest absolute Gasteiger partial charge is 0.487 e. The highest BCUT2D eigenvalue weighted by atomic mass is 32.1. The maximum Gasteiger partial charge on any atom is 0.275 e. The molecular weight excluding hydrogens is 400 g/mol. The van der Waals surface area contributed by atoms with Crippen LogP contribution in [0.5, 0.6) is 5.75 Å². The normalized spacial score (nSPS) is 11.1. The highest BCUT2D eigenvalue weighted by Crippen LogP contribution is 2.19. The second-order valence-corrected chi connectivity index (χ2v) is 7.61. The quantitative estimate of drug-likeness (QED) is 0.483. The molecule has 0 spiro atoms. The molecule has 4 rings (SSSR count). The Balaban J connectivity index is 1.40. The first-order valence-corrected chi connectivity index (χ1v) is 10.0. The predicted octanol–water partition coefficient (Wildman–Crippen LogP) is 3.69. The van der Waals surface area contributed by atoms with E-state index in [2.05, 4.69) is 15.4 Å². The third kappa shape index (κ3) is 4.79. The van der Waals surface area contributed by atoms with Crippen LogP contribution in [0.4, 0.5) is 5.69 Å². The SMILES string of the molecule is Cc1nn2c(=O)cc(COc3cccc(NC(=O)C=Cc4ccccc4)c3)nc2s1. The maximum absolute atomic E-state index is 12.1. The summed E-state index contributed by atoms with van der Waals surface area (Å²) in [6.45, 7) is 1.96. The monoisotopic (exact) mass is 418 g/mol. The Hall–Kier alpha value is -3.78. The number of aromatic nitrogens is 3. The number of nitrogens with one attached hydrogen (secondary N) is 1. The van der Waals surface area contributed by atoms with E-state index in [9.17, 15) is 9.59 Å². The van der Waals surface area contributed by atoms with Gasteiger partial charge in [0.1, 0.15) is 17.4 Å². The summed E-state index contributed by atoms with van der Waals surface area (Å²) in [4.78, 5) is 29.2. The van der Waals surface area contributed by atoms with Crippen molar-refractivity contribution in [3.05, 3.63) is 93.4 Å². The van der Waals surface area contributed by atoms with Gasteiger partial charge in [-0.05, 0) is 30.7 Å². The summed E-state index contributed by atoms with van der Waals surface area (Å²) >= 11 is 1.35. The Morgan fingerprint density at radius 1 is 1.17 bits per heavy atom. The molecule has 2 heterocycles. The van der Waals surface area contributed by atoms with Crippen LogP contribution < -0.4 is 15.6 Å². The first kappa shape index (κ1) is 19.5. The molecule has 2 aromatic carbocycles. The van der Waals surface area contributed by atoms with Gasteiger partial charge in [0.15, 0.2) is 0 Å². The fraction of sp³-hybridized carbons (Fsp3) is 0.0909. The number of hydrogen-bond donors (Lipinski definition) is 1. The van der Waals surface area contributed by atoms with Crippen LogP contribution in [0.2, 0.25) is 0 Å². The van der Waals surface area contributed by atoms with E-state index in [1.807, 2.05) is 37.3 Å². The third-order valence-corrected chi connectivity index (χ3v) is 4.94. The second-order valence-electron chi connectivity index (χ2n) is 6.45. The fourth-order valence-corrected chi connectivity index (χ4v) is 3.53. The van der Waals surface area contributed by atoms with Crippen LogP contribution in [0.3, 0.4) is 0 Å². The van der Waals surface area contributed by atoms with E-state index in [-0.39, 0.29) is 18.1 Å². The van der Waals surface area contributed by atoms with Gasteiger partial charge in [-0.2, -0.15) is 9.61 Å². The molecule has 0 saturated heterocycles. The molecule has 0 bridgehead atoms. The van der Waals surface area contributed by atoms with E-state index >= 15 is 0 Å². The van der Waals surface area contributed by atoms with Gasteiger partial charge in [0, 0.05) is 23.9 Å². The van der Waals surface area contributed by atoms with Gasteiger partial charge in [0.2, 0.25) is 10.9 Å². The van der Waals surface area contributed by atoms with Crippen molar-refractivity contribution in [1.29, 1.82) is 0 Å². The number of rotatable bonds is 6. The average Bonchev–Trinajstić information content (AvgIpc) is 3.13. The number of carbonyl (C=O) groups excluding carboxylic acids is 1. The number of anilines is 1. The molecule has 30 heavy (non-hydrogen) atoms. The molecule has 1 amide bonds. The number of ether oxygens (including phenoxy) is 1. The first-order valence-electron chi connectivity index (χ1n) is 9.20. The minimum absolute atomic E-state index is 0.133. The predicted molar refractivity (Wildman–Crippen MR) is 117 cm³/mol. The van der Waals surface area contributed by atoms with Crippen molar-refractivity contribution >= 4 is 34.0 Å². The Bertz CT molecular complexity index is 1280. The van der Waals surface area contributed by atoms with E-state index in [1.165, 1.54) is 28.0 Å². The summed E-state index contributed by atoms with van der Waals surface area (Å²) in [5, 5.41) is 7.69. The van der Waals surface area contributed by atoms with Gasteiger partial charge in [-0.25, -0.2) is 4.98 Å². The molecule has 0 aliphatic rings. The zero-order valence-corrected chi connectivity index (χ0v) is 16.9. The summed E-state index contributed by atoms with van der Waals surface area (Å²) in [5.41, 5.74) is 1.83. The molecule has 2 aromatic heterocycles. The van der Waals surface area contributed by atoms with Crippen LogP contribution in [-0.4, -0.2) is 20.5 Å². The molecule has 4 aromatic rings. The van der Waals surface area contributed by atoms with E-state index < -0.39 is 0 Å². The molecule has 1 N–H and O–H groups in total. The third-order valence-electron chi connectivity index (χ3n) is 4.11. The van der Waals surface area contributed by atoms with Crippen LogP contribution in [0.15, 0.2) is 71.5 Å². The smallest absolute Gasteiger partial charge is 0.275 e. The van der Waals surface area contributed by atoms with Crippen molar-refractivity contribution in [3.63, 3.8) is 0 Å². The Morgan fingerprint density at radius 2 is 2.00 bits per heavy atom. The number of nitrogens with zero attached hydrogens (tertiary/aromatic N) is 3. The van der Waals surface area contributed by atoms with Crippen LogP contribution in [0.1, 0.15) is 16.3 Å². The minimum atomic E-state index is -0.242. The molecule has 0 radical (unpaired) electrons. The van der Waals surface area contributed by atoms with E-state index in [0.29, 0.717) is 22.1 Å². The van der Waals surface area contributed by atoms with Crippen LogP contribution in [0.25, 0.3) is 11.0 Å². The lowest BCUT2D eigenvalue weighted by atomic mass is 10.2. The van der Waals surface area contributed by atoms with Crippen molar-refractivity contribution in [2.24, 2.45) is 0 Å². The van der Waals surface area contributed by atoms with Crippen molar-refractivity contribution in [1.82, 2.24) is 14.6 Å². The molecular formula is C22H18N4O3S. The average molecular weight is 418 g/mol. The second kappa shape index (κ2) is 8.71. The molecule has 0 aliphatic heterocycles. The number of benzene rings is 2. The highest BCUT2D eigenvalue weighted by Gasteiger charge is 2.08. The molecule has 0 saturated carbocycles. The molecule has 0 fully saturated rings. The molecule has 0 aliphatic carbocycles. The minimum Gasteiger partial charge on any atom is -0.487 e.